The maximum Gasteiger partial charge on any atom is 0.256 e. The maximum absolute atomic E-state index is 12.0. The second kappa shape index (κ2) is 5.49. The molecule has 0 saturated heterocycles. The van der Waals surface area contributed by atoms with E-state index < -0.39 is 0 Å². The summed E-state index contributed by atoms with van der Waals surface area (Å²) in [6.07, 6.45) is 1.61. The van der Waals surface area contributed by atoms with E-state index in [4.69, 9.17) is 5.73 Å². The van der Waals surface area contributed by atoms with Crippen molar-refractivity contribution in [3.63, 3.8) is 0 Å². The van der Waals surface area contributed by atoms with Gasteiger partial charge in [-0.25, -0.2) is 4.98 Å². The molecule has 0 bridgehead atoms. The summed E-state index contributed by atoms with van der Waals surface area (Å²) in [6.45, 7) is 0. The molecule has 0 saturated carbocycles. The fourth-order valence-corrected chi connectivity index (χ4v) is 1.94. The third-order valence-corrected chi connectivity index (χ3v) is 3.61. The number of rotatable bonds is 2. The molecule has 0 aliphatic carbocycles. The molecular weight excluding hydrogens is 362 g/mol. The van der Waals surface area contributed by atoms with Gasteiger partial charge in [-0.2, -0.15) is 0 Å². The molecule has 2 rings (SSSR count). The Bertz CT molecular complexity index is 602. The van der Waals surface area contributed by atoms with Gasteiger partial charge in [0.05, 0.1) is 4.47 Å². The molecule has 1 amide bonds. The van der Waals surface area contributed by atoms with Gasteiger partial charge < -0.3 is 11.1 Å². The van der Waals surface area contributed by atoms with E-state index in [1.165, 1.54) is 0 Å². The molecule has 0 atom stereocenters. The highest BCUT2D eigenvalue weighted by atomic mass is 79.9. The fraction of sp³-hybridized carbons (Fsp3) is 0. The minimum atomic E-state index is -0.256. The lowest BCUT2D eigenvalue weighted by Crippen LogP contribution is -2.13. The number of pyridine rings is 1. The van der Waals surface area contributed by atoms with Crippen molar-refractivity contribution in [2.24, 2.45) is 0 Å². The summed E-state index contributed by atoms with van der Waals surface area (Å²) in [7, 11) is 0. The van der Waals surface area contributed by atoms with Crippen LogP contribution in [0.5, 0.6) is 0 Å². The van der Waals surface area contributed by atoms with E-state index in [1.54, 1.807) is 36.5 Å². The van der Waals surface area contributed by atoms with Crippen LogP contribution in [0.2, 0.25) is 0 Å². The Kier molecular flexibility index (Phi) is 3.98. The first kappa shape index (κ1) is 13.0. The number of nitrogen functional groups attached to an aromatic ring is 1. The smallest absolute Gasteiger partial charge is 0.256 e. The van der Waals surface area contributed by atoms with Gasteiger partial charge in [0.15, 0.2) is 0 Å². The van der Waals surface area contributed by atoms with Crippen LogP contribution in [0.3, 0.4) is 0 Å². The van der Waals surface area contributed by atoms with Crippen LogP contribution < -0.4 is 11.1 Å². The second-order valence-electron chi connectivity index (χ2n) is 3.52. The van der Waals surface area contributed by atoms with Gasteiger partial charge in [0.2, 0.25) is 0 Å². The average Bonchev–Trinajstić information content (AvgIpc) is 2.35. The van der Waals surface area contributed by atoms with E-state index >= 15 is 0 Å². The average molecular weight is 371 g/mol. The fourth-order valence-electron chi connectivity index (χ4n) is 1.34. The standard InChI is InChI=1S/C12H9Br2N3O/c13-8-4-3-7(6-10(8)15)12(18)17-11-9(14)2-1-5-16-11/h1-6H,15H2,(H,16,17,18). The van der Waals surface area contributed by atoms with E-state index in [1.807, 2.05) is 0 Å². The largest absolute Gasteiger partial charge is 0.398 e. The second-order valence-corrected chi connectivity index (χ2v) is 5.23. The summed E-state index contributed by atoms with van der Waals surface area (Å²) in [5.74, 6) is 0.220. The highest BCUT2D eigenvalue weighted by Gasteiger charge is 2.10. The molecule has 92 valence electrons. The van der Waals surface area contributed by atoms with E-state index in [-0.39, 0.29) is 5.91 Å². The number of hydrogen-bond donors (Lipinski definition) is 2. The Balaban J connectivity index is 2.22. The SMILES string of the molecule is Nc1cc(C(=O)Nc2ncccc2Br)ccc1Br. The Morgan fingerprint density at radius 3 is 2.67 bits per heavy atom. The van der Waals surface area contributed by atoms with Crippen molar-refractivity contribution < 1.29 is 4.79 Å². The number of carbonyl (C=O) groups is 1. The van der Waals surface area contributed by atoms with Crippen molar-refractivity contribution >= 4 is 49.3 Å². The lowest BCUT2D eigenvalue weighted by atomic mass is 10.2. The van der Waals surface area contributed by atoms with Crippen molar-refractivity contribution in [3.8, 4) is 0 Å². The van der Waals surface area contributed by atoms with Crippen LogP contribution >= 0.6 is 31.9 Å². The van der Waals surface area contributed by atoms with Crippen LogP contribution in [0.4, 0.5) is 11.5 Å². The minimum Gasteiger partial charge on any atom is -0.398 e. The number of aromatic nitrogens is 1. The molecule has 0 aliphatic rings. The molecule has 4 nitrogen and oxygen atoms in total. The zero-order valence-electron chi connectivity index (χ0n) is 9.15. The molecule has 0 spiro atoms. The van der Waals surface area contributed by atoms with Gasteiger partial charge in [-0.3, -0.25) is 4.79 Å². The third-order valence-electron chi connectivity index (χ3n) is 2.25. The Morgan fingerprint density at radius 1 is 1.22 bits per heavy atom. The van der Waals surface area contributed by atoms with Gasteiger partial charge >= 0.3 is 0 Å². The zero-order chi connectivity index (χ0) is 13.1. The van der Waals surface area contributed by atoms with E-state index in [9.17, 15) is 4.79 Å². The lowest BCUT2D eigenvalue weighted by Gasteiger charge is -2.07. The van der Waals surface area contributed by atoms with Crippen molar-refractivity contribution in [2.75, 3.05) is 11.1 Å². The third kappa shape index (κ3) is 2.88. The Hall–Kier alpha value is -1.40. The van der Waals surface area contributed by atoms with E-state index in [0.29, 0.717) is 17.1 Å². The topological polar surface area (TPSA) is 68.0 Å². The summed E-state index contributed by atoms with van der Waals surface area (Å²) in [5, 5.41) is 2.71. The van der Waals surface area contributed by atoms with Crippen molar-refractivity contribution in [2.45, 2.75) is 0 Å². The van der Waals surface area contributed by atoms with Gasteiger partial charge in [-0.15, -0.1) is 0 Å². The molecule has 1 heterocycles. The molecule has 0 unspecified atom stereocenters. The molecule has 18 heavy (non-hydrogen) atoms. The first-order valence-corrected chi connectivity index (χ1v) is 6.63. The summed E-state index contributed by atoms with van der Waals surface area (Å²) in [4.78, 5) is 16.1. The van der Waals surface area contributed by atoms with Crippen LogP contribution in [0, 0.1) is 0 Å². The van der Waals surface area contributed by atoms with Crippen molar-refractivity contribution in [3.05, 3.63) is 51.0 Å². The summed E-state index contributed by atoms with van der Waals surface area (Å²) >= 11 is 6.59. The van der Waals surface area contributed by atoms with Crippen LogP contribution in [-0.2, 0) is 0 Å². The number of carbonyl (C=O) groups excluding carboxylic acids is 1. The number of amides is 1. The molecule has 0 fully saturated rings. The Morgan fingerprint density at radius 2 is 2.00 bits per heavy atom. The quantitative estimate of drug-likeness (QED) is 0.795. The number of nitrogens with two attached hydrogens (primary N) is 1. The van der Waals surface area contributed by atoms with Crippen molar-refractivity contribution in [1.82, 2.24) is 4.98 Å². The molecule has 3 N–H and O–H groups in total. The van der Waals surface area contributed by atoms with Gasteiger partial charge in [0.1, 0.15) is 5.82 Å². The predicted molar refractivity (Wildman–Crippen MR) is 78.4 cm³/mol. The molecule has 2 aromatic rings. The molecule has 0 aliphatic heterocycles. The molecule has 0 radical (unpaired) electrons. The van der Waals surface area contributed by atoms with Crippen LogP contribution in [0.15, 0.2) is 45.5 Å². The minimum absolute atomic E-state index is 0.256. The number of halogens is 2. The van der Waals surface area contributed by atoms with Crippen LogP contribution in [0.1, 0.15) is 10.4 Å². The molecular formula is C12H9Br2N3O. The number of nitrogens with one attached hydrogen (secondary N) is 1. The van der Waals surface area contributed by atoms with E-state index in [0.717, 1.165) is 8.95 Å². The number of nitrogens with zero attached hydrogens (tertiary/aromatic N) is 1. The first-order chi connectivity index (χ1) is 8.58. The van der Waals surface area contributed by atoms with Gasteiger partial charge in [-0.05, 0) is 62.2 Å². The molecule has 1 aromatic carbocycles. The summed E-state index contributed by atoms with van der Waals surface area (Å²) in [5.41, 5.74) is 6.73. The lowest BCUT2D eigenvalue weighted by molar-refractivity contribution is 0.102. The number of benzene rings is 1. The highest BCUT2D eigenvalue weighted by Crippen LogP contribution is 2.22. The predicted octanol–water partition coefficient (Wildman–Crippen LogP) is 3.44. The number of anilines is 2. The monoisotopic (exact) mass is 369 g/mol. The van der Waals surface area contributed by atoms with Crippen molar-refractivity contribution in [1.29, 1.82) is 0 Å². The summed E-state index contributed by atoms with van der Waals surface area (Å²) < 4.78 is 1.49. The number of hydrogen-bond acceptors (Lipinski definition) is 3. The van der Waals surface area contributed by atoms with Gasteiger partial charge in [0.25, 0.3) is 5.91 Å². The molecule has 1 aromatic heterocycles. The molecule has 6 heteroatoms. The first-order valence-electron chi connectivity index (χ1n) is 5.05. The summed E-state index contributed by atoms with van der Waals surface area (Å²) in [6, 6.07) is 8.61. The maximum atomic E-state index is 12.0. The van der Waals surface area contributed by atoms with Gasteiger partial charge in [0, 0.05) is 21.9 Å². The Labute approximate surface area is 121 Å². The van der Waals surface area contributed by atoms with Crippen LogP contribution in [0.25, 0.3) is 0 Å². The normalized spacial score (nSPS) is 10.1. The highest BCUT2D eigenvalue weighted by molar-refractivity contribution is 9.11. The van der Waals surface area contributed by atoms with E-state index in [2.05, 4.69) is 42.2 Å². The van der Waals surface area contributed by atoms with Crippen LogP contribution in [-0.4, -0.2) is 10.9 Å². The zero-order valence-corrected chi connectivity index (χ0v) is 12.3. The van der Waals surface area contributed by atoms with Gasteiger partial charge in [-0.1, -0.05) is 0 Å².